The summed E-state index contributed by atoms with van der Waals surface area (Å²) in [5.74, 6) is 0. The first kappa shape index (κ1) is 13.3. The van der Waals surface area contributed by atoms with Gasteiger partial charge < -0.3 is 5.32 Å². The maximum absolute atomic E-state index is 3.66. The number of rotatable bonds is 5. The van der Waals surface area contributed by atoms with E-state index in [0.29, 0.717) is 6.04 Å². The van der Waals surface area contributed by atoms with E-state index in [4.69, 9.17) is 0 Å². The van der Waals surface area contributed by atoms with Gasteiger partial charge in [-0.2, -0.15) is 0 Å². The zero-order valence-electron chi connectivity index (χ0n) is 11.7. The van der Waals surface area contributed by atoms with Crippen LogP contribution in [0.3, 0.4) is 0 Å². The Balaban J connectivity index is 1.99. The van der Waals surface area contributed by atoms with Gasteiger partial charge in [0.15, 0.2) is 0 Å². The number of hydrogen-bond donors (Lipinski definition) is 1. The topological polar surface area (TPSA) is 12.0 Å². The molecule has 0 spiro atoms. The molecule has 0 fully saturated rings. The predicted octanol–water partition coefficient (Wildman–Crippen LogP) is 4.99. The Morgan fingerprint density at radius 1 is 1.00 bits per heavy atom. The molecule has 2 heteroatoms. The first-order valence-electron chi connectivity index (χ1n) is 7.14. The van der Waals surface area contributed by atoms with Gasteiger partial charge in [-0.15, -0.1) is 11.3 Å². The zero-order chi connectivity index (χ0) is 13.8. The molecule has 0 aliphatic rings. The first-order valence-corrected chi connectivity index (χ1v) is 8.02. The van der Waals surface area contributed by atoms with Crippen molar-refractivity contribution in [3.05, 3.63) is 70.4 Å². The van der Waals surface area contributed by atoms with Gasteiger partial charge in [0, 0.05) is 4.88 Å². The maximum Gasteiger partial charge on any atom is 0.0671 e. The Morgan fingerprint density at radius 2 is 1.85 bits per heavy atom. The second-order valence-electron chi connectivity index (χ2n) is 5.01. The summed E-state index contributed by atoms with van der Waals surface area (Å²) in [6, 6.07) is 20.0. The molecule has 0 saturated carbocycles. The fraction of sp³-hybridized carbons (Fsp3) is 0.222. The summed E-state index contributed by atoms with van der Waals surface area (Å²) in [5, 5.41) is 8.43. The second kappa shape index (κ2) is 6.21. The third kappa shape index (κ3) is 2.77. The molecule has 0 saturated heterocycles. The SMILES string of the molecule is CCCNC(c1ccc2ccccc2c1)c1cccs1. The van der Waals surface area contributed by atoms with E-state index in [2.05, 4.69) is 72.2 Å². The molecule has 1 aromatic heterocycles. The highest BCUT2D eigenvalue weighted by Crippen LogP contribution is 2.28. The van der Waals surface area contributed by atoms with Crippen molar-refractivity contribution in [3.8, 4) is 0 Å². The summed E-state index contributed by atoms with van der Waals surface area (Å²) in [6.45, 7) is 3.24. The Hall–Kier alpha value is -1.64. The highest BCUT2D eigenvalue weighted by atomic mass is 32.1. The van der Waals surface area contributed by atoms with Gasteiger partial charge in [-0.3, -0.25) is 0 Å². The Bertz CT molecular complexity index is 673. The highest BCUT2D eigenvalue weighted by molar-refractivity contribution is 7.10. The van der Waals surface area contributed by atoms with Crippen molar-refractivity contribution >= 4 is 22.1 Å². The quantitative estimate of drug-likeness (QED) is 0.694. The number of benzene rings is 2. The van der Waals surface area contributed by atoms with Gasteiger partial charge in [-0.1, -0.05) is 49.4 Å². The third-order valence-electron chi connectivity index (χ3n) is 3.53. The van der Waals surface area contributed by atoms with E-state index in [9.17, 15) is 0 Å². The number of nitrogens with one attached hydrogen (secondary N) is 1. The molecule has 0 bridgehead atoms. The van der Waals surface area contributed by atoms with Crippen molar-refractivity contribution in [3.63, 3.8) is 0 Å². The van der Waals surface area contributed by atoms with Crippen molar-refractivity contribution in [1.29, 1.82) is 0 Å². The summed E-state index contributed by atoms with van der Waals surface area (Å²) in [6.07, 6.45) is 1.15. The first-order chi connectivity index (χ1) is 9.88. The number of fused-ring (bicyclic) bond motifs is 1. The molecule has 3 aromatic rings. The lowest BCUT2D eigenvalue weighted by Crippen LogP contribution is -2.22. The molecule has 1 heterocycles. The van der Waals surface area contributed by atoms with Crippen molar-refractivity contribution in [2.45, 2.75) is 19.4 Å². The summed E-state index contributed by atoms with van der Waals surface area (Å²) < 4.78 is 0. The standard InChI is InChI=1S/C18H19NS/c1-2-11-19-18(17-8-5-12-20-17)16-10-9-14-6-3-4-7-15(14)13-16/h3-10,12-13,18-19H,2,11H2,1H3. The second-order valence-corrected chi connectivity index (χ2v) is 5.99. The van der Waals surface area contributed by atoms with E-state index < -0.39 is 0 Å². The Labute approximate surface area is 124 Å². The fourth-order valence-corrected chi connectivity index (χ4v) is 3.34. The molecule has 1 nitrogen and oxygen atoms in total. The minimum atomic E-state index is 0.305. The predicted molar refractivity (Wildman–Crippen MR) is 88.4 cm³/mol. The molecular weight excluding hydrogens is 262 g/mol. The lowest BCUT2D eigenvalue weighted by Gasteiger charge is -2.18. The van der Waals surface area contributed by atoms with E-state index in [1.54, 1.807) is 0 Å². The normalized spacial score (nSPS) is 12.7. The maximum atomic E-state index is 3.66. The molecular formula is C18H19NS. The van der Waals surface area contributed by atoms with E-state index in [1.807, 2.05) is 11.3 Å². The van der Waals surface area contributed by atoms with Crippen LogP contribution in [0.15, 0.2) is 60.0 Å². The molecule has 1 atom stereocenters. The zero-order valence-corrected chi connectivity index (χ0v) is 12.5. The van der Waals surface area contributed by atoms with Gasteiger partial charge in [-0.25, -0.2) is 0 Å². The van der Waals surface area contributed by atoms with Crippen LogP contribution in [0, 0.1) is 0 Å². The van der Waals surface area contributed by atoms with Crippen molar-refractivity contribution in [2.24, 2.45) is 0 Å². The fourth-order valence-electron chi connectivity index (χ4n) is 2.51. The lowest BCUT2D eigenvalue weighted by atomic mass is 10.0. The lowest BCUT2D eigenvalue weighted by molar-refractivity contribution is 0.606. The average molecular weight is 281 g/mol. The van der Waals surface area contributed by atoms with Crippen LogP contribution in [0.25, 0.3) is 10.8 Å². The average Bonchev–Trinajstić information content (AvgIpc) is 3.02. The van der Waals surface area contributed by atoms with Gasteiger partial charge in [0.05, 0.1) is 6.04 Å². The summed E-state index contributed by atoms with van der Waals surface area (Å²) in [4.78, 5) is 1.38. The molecule has 3 rings (SSSR count). The highest BCUT2D eigenvalue weighted by Gasteiger charge is 2.14. The van der Waals surface area contributed by atoms with Crippen molar-refractivity contribution in [1.82, 2.24) is 5.32 Å². The van der Waals surface area contributed by atoms with E-state index in [-0.39, 0.29) is 0 Å². The number of thiophene rings is 1. The molecule has 2 aromatic carbocycles. The molecule has 1 unspecified atom stereocenters. The molecule has 0 aliphatic heterocycles. The van der Waals surface area contributed by atoms with Crippen LogP contribution in [0.4, 0.5) is 0 Å². The third-order valence-corrected chi connectivity index (χ3v) is 4.47. The largest absolute Gasteiger partial charge is 0.306 e. The van der Waals surface area contributed by atoms with Crippen LogP contribution in [-0.2, 0) is 0 Å². The van der Waals surface area contributed by atoms with E-state index >= 15 is 0 Å². The van der Waals surface area contributed by atoms with Gasteiger partial charge in [0.25, 0.3) is 0 Å². The molecule has 0 amide bonds. The Morgan fingerprint density at radius 3 is 2.60 bits per heavy atom. The van der Waals surface area contributed by atoms with E-state index in [0.717, 1.165) is 13.0 Å². The van der Waals surface area contributed by atoms with Gasteiger partial charge in [0.2, 0.25) is 0 Å². The minimum Gasteiger partial charge on any atom is -0.306 e. The van der Waals surface area contributed by atoms with E-state index in [1.165, 1.54) is 21.2 Å². The summed E-state index contributed by atoms with van der Waals surface area (Å²) in [7, 11) is 0. The van der Waals surface area contributed by atoms with Crippen LogP contribution >= 0.6 is 11.3 Å². The van der Waals surface area contributed by atoms with Gasteiger partial charge in [0.1, 0.15) is 0 Å². The van der Waals surface area contributed by atoms with Crippen molar-refractivity contribution < 1.29 is 0 Å². The minimum absolute atomic E-state index is 0.305. The van der Waals surface area contributed by atoms with Crippen LogP contribution in [0.5, 0.6) is 0 Å². The van der Waals surface area contributed by atoms with Crippen LogP contribution in [0.2, 0.25) is 0 Å². The molecule has 20 heavy (non-hydrogen) atoms. The smallest absolute Gasteiger partial charge is 0.0671 e. The molecule has 0 aliphatic carbocycles. The summed E-state index contributed by atoms with van der Waals surface area (Å²) >= 11 is 1.82. The molecule has 1 N–H and O–H groups in total. The van der Waals surface area contributed by atoms with Crippen LogP contribution in [0.1, 0.15) is 29.8 Å². The molecule has 102 valence electrons. The van der Waals surface area contributed by atoms with Gasteiger partial charge >= 0.3 is 0 Å². The van der Waals surface area contributed by atoms with Crippen molar-refractivity contribution in [2.75, 3.05) is 6.54 Å². The Kier molecular flexibility index (Phi) is 4.14. The monoisotopic (exact) mass is 281 g/mol. The van der Waals surface area contributed by atoms with Crippen LogP contribution in [-0.4, -0.2) is 6.54 Å². The molecule has 0 radical (unpaired) electrons. The van der Waals surface area contributed by atoms with Crippen LogP contribution < -0.4 is 5.32 Å². The number of hydrogen-bond acceptors (Lipinski definition) is 2. The van der Waals surface area contributed by atoms with Gasteiger partial charge in [-0.05, 0) is 46.8 Å². The summed E-state index contributed by atoms with van der Waals surface area (Å²) in [5.41, 5.74) is 1.35.